The first-order valence-electron chi connectivity index (χ1n) is 9.34. The van der Waals surface area contributed by atoms with Crippen LogP contribution in [-0.4, -0.2) is 48.6 Å². The molecule has 4 nitrogen and oxygen atoms in total. The summed E-state index contributed by atoms with van der Waals surface area (Å²) in [7, 11) is 0. The van der Waals surface area contributed by atoms with Crippen LogP contribution in [0.5, 0.6) is 0 Å². The molecule has 1 aliphatic carbocycles. The molecule has 4 rings (SSSR count). The average molecular weight is 345 g/mol. The van der Waals surface area contributed by atoms with E-state index in [4.69, 9.17) is 5.73 Å². The molecule has 3 heterocycles. The molecule has 2 aromatic heterocycles. The van der Waals surface area contributed by atoms with Crippen LogP contribution in [0.2, 0.25) is 0 Å². The maximum Gasteiger partial charge on any atom is 0.137 e. The van der Waals surface area contributed by atoms with E-state index >= 15 is 0 Å². The third kappa shape index (κ3) is 3.58. The number of nitrogens with two attached hydrogens (primary N) is 1. The van der Waals surface area contributed by atoms with E-state index < -0.39 is 0 Å². The molecule has 2 aromatic rings. The Hall–Kier alpha value is -1.17. The number of fused-ring (bicyclic) bond motifs is 1. The third-order valence-electron chi connectivity index (χ3n) is 5.78. The number of piperazine rings is 1. The van der Waals surface area contributed by atoms with Crippen molar-refractivity contribution in [3.05, 3.63) is 23.7 Å². The zero-order valence-electron chi connectivity index (χ0n) is 14.4. The standard InChI is InChI=1S/C19H28N4S/c20-16-3-1-15(2-4-16)6-9-22-10-12-23(13-11-22)19-17-7-14-24-18(17)5-8-21-19/h5,7-8,14-16H,1-4,6,9-13,20H2/t15-,16-. The van der Waals surface area contributed by atoms with Crippen LogP contribution in [0, 0.1) is 5.92 Å². The average Bonchev–Trinajstić information content (AvgIpc) is 3.10. The van der Waals surface area contributed by atoms with Crippen LogP contribution in [0.1, 0.15) is 32.1 Å². The van der Waals surface area contributed by atoms with Crippen molar-refractivity contribution in [3.8, 4) is 0 Å². The first kappa shape index (κ1) is 16.3. The molecule has 1 saturated heterocycles. The molecule has 1 aliphatic heterocycles. The molecule has 0 bridgehead atoms. The van der Waals surface area contributed by atoms with Gasteiger partial charge in [0.25, 0.3) is 0 Å². The summed E-state index contributed by atoms with van der Waals surface area (Å²) in [5, 5.41) is 3.48. The minimum atomic E-state index is 0.470. The molecule has 0 atom stereocenters. The first-order valence-corrected chi connectivity index (χ1v) is 10.2. The summed E-state index contributed by atoms with van der Waals surface area (Å²) in [6, 6.07) is 4.80. The zero-order valence-corrected chi connectivity index (χ0v) is 15.2. The number of aromatic nitrogens is 1. The van der Waals surface area contributed by atoms with E-state index in [1.807, 2.05) is 6.20 Å². The largest absolute Gasteiger partial charge is 0.354 e. The topological polar surface area (TPSA) is 45.4 Å². The smallest absolute Gasteiger partial charge is 0.137 e. The van der Waals surface area contributed by atoms with Gasteiger partial charge in [-0.1, -0.05) is 0 Å². The lowest BCUT2D eigenvalue weighted by Gasteiger charge is -2.36. The lowest BCUT2D eigenvalue weighted by atomic mass is 9.84. The Labute approximate surface area is 148 Å². The fourth-order valence-corrected chi connectivity index (χ4v) is 4.93. The van der Waals surface area contributed by atoms with Crippen LogP contribution in [0.25, 0.3) is 10.1 Å². The van der Waals surface area contributed by atoms with Crippen LogP contribution in [0.4, 0.5) is 5.82 Å². The molecule has 2 N–H and O–H groups in total. The Balaban J connectivity index is 1.28. The lowest BCUT2D eigenvalue weighted by molar-refractivity contribution is 0.216. The van der Waals surface area contributed by atoms with Crippen LogP contribution in [0.3, 0.4) is 0 Å². The zero-order chi connectivity index (χ0) is 16.4. The molecular formula is C19H28N4S. The highest BCUT2D eigenvalue weighted by molar-refractivity contribution is 7.17. The molecule has 2 fully saturated rings. The highest BCUT2D eigenvalue weighted by Crippen LogP contribution is 2.29. The number of hydrogen-bond donors (Lipinski definition) is 1. The first-order chi connectivity index (χ1) is 11.8. The summed E-state index contributed by atoms with van der Waals surface area (Å²) < 4.78 is 1.35. The van der Waals surface area contributed by atoms with Crippen LogP contribution >= 0.6 is 11.3 Å². The normalized spacial score (nSPS) is 26.1. The van der Waals surface area contributed by atoms with Gasteiger partial charge in [-0.15, -0.1) is 11.3 Å². The Kier molecular flexibility index (Phi) is 5.01. The van der Waals surface area contributed by atoms with Crippen molar-refractivity contribution < 1.29 is 0 Å². The molecule has 1 saturated carbocycles. The van der Waals surface area contributed by atoms with E-state index in [0.717, 1.165) is 32.1 Å². The Morgan fingerprint density at radius 2 is 1.88 bits per heavy atom. The quantitative estimate of drug-likeness (QED) is 0.924. The van der Waals surface area contributed by atoms with Gasteiger partial charge in [-0.2, -0.15) is 0 Å². The summed E-state index contributed by atoms with van der Waals surface area (Å²) in [4.78, 5) is 9.76. The Morgan fingerprint density at radius 3 is 2.67 bits per heavy atom. The molecule has 5 heteroatoms. The van der Waals surface area contributed by atoms with Crippen molar-refractivity contribution in [2.24, 2.45) is 11.7 Å². The highest BCUT2D eigenvalue weighted by Gasteiger charge is 2.22. The maximum absolute atomic E-state index is 6.02. The fourth-order valence-electron chi connectivity index (χ4n) is 4.16. The van der Waals surface area contributed by atoms with Crippen molar-refractivity contribution in [1.82, 2.24) is 9.88 Å². The molecule has 0 radical (unpaired) electrons. The van der Waals surface area contributed by atoms with Gasteiger partial charge in [0.15, 0.2) is 0 Å². The summed E-state index contributed by atoms with van der Waals surface area (Å²) in [5.41, 5.74) is 6.02. The van der Waals surface area contributed by atoms with Gasteiger partial charge in [0, 0.05) is 48.5 Å². The van der Waals surface area contributed by atoms with E-state index in [1.165, 1.54) is 54.6 Å². The van der Waals surface area contributed by atoms with Gasteiger partial charge in [0.05, 0.1) is 0 Å². The van der Waals surface area contributed by atoms with Crippen molar-refractivity contribution in [1.29, 1.82) is 0 Å². The molecule has 0 unspecified atom stereocenters. The van der Waals surface area contributed by atoms with E-state index in [9.17, 15) is 0 Å². The van der Waals surface area contributed by atoms with E-state index in [0.29, 0.717) is 6.04 Å². The summed E-state index contributed by atoms with van der Waals surface area (Å²) >= 11 is 1.80. The minimum absolute atomic E-state index is 0.470. The molecule has 0 aromatic carbocycles. The summed E-state index contributed by atoms with van der Waals surface area (Å²) in [6.07, 6.45) is 8.44. The molecule has 2 aliphatic rings. The van der Waals surface area contributed by atoms with Gasteiger partial charge in [0.2, 0.25) is 0 Å². The monoisotopic (exact) mass is 344 g/mol. The minimum Gasteiger partial charge on any atom is -0.354 e. The van der Waals surface area contributed by atoms with Gasteiger partial charge < -0.3 is 10.6 Å². The van der Waals surface area contributed by atoms with Gasteiger partial charge in [-0.05, 0) is 62.1 Å². The third-order valence-corrected chi connectivity index (χ3v) is 6.66. The maximum atomic E-state index is 6.02. The van der Waals surface area contributed by atoms with Crippen molar-refractivity contribution in [2.45, 2.75) is 38.1 Å². The second-order valence-corrected chi connectivity index (χ2v) is 8.31. The second-order valence-electron chi connectivity index (χ2n) is 7.37. The number of hydrogen-bond acceptors (Lipinski definition) is 5. The van der Waals surface area contributed by atoms with Crippen molar-refractivity contribution >= 4 is 27.2 Å². The van der Waals surface area contributed by atoms with E-state index in [1.54, 1.807) is 11.3 Å². The number of anilines is 1. The van der Waals surface area contributed by atoms with Crippen LogP contribution < -0.4 is 10.6 Å². The summed E-state index contributed by atoms with van der Waals surface area (Å²) in [5.74, 6) is 2.08. The van der Waals surface area contributed by atoms with Crippen molar-refractivity contribution in [2.75, 3.05) is 37.6 Å². The molecule has 0 spiro atoms. The predicted molar refractivity (Wildman–Crippen MR) is 103 cm³/mol. The lowest BCUT2D eigenvalue weighted by Crippen LogP contribution is -2.47. The predicted octanol–water partition coefficient (Wildman–Crippen LogP) is 3.33. The molecule has 0 amide bonds. The molecular weight excluding hydrogens is 316 g/mol. The number of thiophene rings is 1. The Bertz CT molecular complexity index is 654. The van der Waals surface area contributed by atoms with Gasteiger partial charge in [0.1, 0.15) is 5.82 Å². The number of rotatable bonds is 4. The van der Waals surface area contributed by atoms with Gasteiger partial charge >= 0.3 is 0 Å². The van der Waals surface area contributed by atoms with E-state index in [2.05, 4.69) is 32.3 Å². The van der Waals surface area contributed by atoms with E-state index in [-0.39, 0.29) is 0 Å². The van der Waals surface area contributed by atoms with Crippen LogP contribution in [-0.2, 0) is 0 Å². The van der Waals surface area contributed by atoms with Crippen molar-refractivity contribution in [3.63, 3.8) is 0 Å². The van der Waals surface area contributed by atoms with Crippen LogP contribution in [0.15, 0.2) is 23.7 Å². The highest BCUT2D eigenvalue weighted by atomic mass is 32.1. The summed E-state index contributed by atoms with van der Waals surface area (Å²) in [6.45, 7) is 5.77. The number of pyridine rings is 1. The number of nitrogens with zero attached hydrogens (tertiary/aromatic N) is 3. The molecule has 130 valence electrons. The fraction of sp³-hybridized carbons (Fsp3) is 0.632. The second kappa shape index (κ2) is 7.38. The Morgan fingerprint density at radius 1 is 1.08 bits per heavy atom. The SMILES string of the molecule is N[C@H]1CC[C@H](CCN2CCN(c3nccc4sccc34)CC2)CC1. The molecule has 24 heavy (non-hydrogen) atoms. The van der Waals surface area contributed by atoms with Gasteiger partial charge in [-0.25, -0.2) is 4.98 Å². The van der Waals surface area contributed by atoms with Gasteiger partial charge in [-0.3, -0.25) is 4.90 Å².